The summed E-state index contributed by atoms with van der Waals surface area (Å²) in [5, 5.41) is 7.04. The Morgan fingerprint density at radius 2 is 1.65 bits per heavy atom. The highest BCUT2D eigenvalue weighted by molar-refractivity contribution is 6.39. The number of rotatable bonds is 2. The maximum absolute atomic E-state index is 11.6. The fourth-order valence-electron chi connectivity index (χ4n) is 1.97. The maximum Gasteiger partial charge on any atom is 0.329 e. The molecule has 1 aromatic carbocycles. The number of carbonyl (C=O) groups excluding carboxylic acids is 2. The van der Waals surface area contributed by atoms with Gasteiger partial charge in [-0.05, 0) is 49.9 Å². The van der Waals surface area contributed by atoms with Crippen LogP contribution in [0.1, 0.15) is 32.1 Å². The molecule has 0 unspecified atom stereocenters. The van der Waals surface area contributed by atoms with Crippen LogP contribution in [0.3, 0.4) is 0 Å². The highest BCUT2D eigenvalue weighted by atomic mass is 35.5. The van der Waals surface area contributed by atoms with Gasteiger partial charge in [0.15, 0.2) is 0 Å². The van der Waals surface area contributed by atoms with E-state index in [0.29, 0.717) is 10.7 Å². The summed E-state index contributed by atoms with van der Waals surface area (Å²) < 4.78 is 0. The average Bonchev–Trinajstić information content (AvgIpc) is 2.48. The molecule has 0 radical (unpaired) electrons. The minimum Gasteiger partial charge on any atom is -0.318 e. The van der Waals surface area contributed by atoms with Gasteiger partial charge in [0.1, 0.15) is 0 Å². The van der Waals surface area contributed by atoms with Gasteiger partial charge in [0.25, 0.3) is 0 Å². The molecule has 0 atom stereocenters. The van der Waals surface area contributed by atoms with Gasteiger partial charge < -0.3 is 5.32 Å². The zero-order valence-corrected chi connectivity index (χ0v) is 11.7. The van der Waals surface area contributed by atoms with Crippen LogP contribution >= 0.6 is 11.6 Å². The Morgan fingerprint density at radius 1 is 1.00 bits per heavy atom. The molecule has 2 amide bonds. The second-order valence-electron chi connectivity index (χ2n) is 4.64. The van der Waals surface area contributed by atoms with E-state index in [9.17, 15) is 9.59 Å². The summed E-state index contributed by atoms with van der Waals surface area (Å²) in [7, 11) is 0. The molecule has 2 rings (SSSR count). The second kappa shape index (κ2) is 7.05. The van der Waals surface area contributed by atoms with Crippen LogP contribution in [-0.2, 0) is 9.59 Å². The number of halogens is 1. The summed E-state index contributed by atoms with van der Waals surface area (Å²) in [5.74, 6) is -1.51. The quantitative estimate of drug-likeness (QED) is 0.650. The minimum absolute atomic E-state index is 0.514. The van der Waals surface area contributed by atoms with Crippen molar-refractivity contribution in [3.63, 3.8) is 0 Å². The summed E-state index contributed by atoms with van der Waals surface area (Å²) in [4.78, 5) is 23.2. The van der Waals surface area contributed by atoms with Crippen molar-refractivity contribution in [1.82, 2.24) is 5.43 Å². The first kappa shape index (κ1) is 14.5. The van der Waals surface area contributed by atoms with E-state index in [1.165, 1.54) is 6.42 Å². The molecule has 0 bridgehead atoms. The first-order valence-electron chi connectivity index (χ1n) is 6.57. The van der Waals surface area contributed by atoms with Gasteiger partial charge in [-0.1, -0.05) is 18.0 Å². The van der Waals surface area contributed by atoms with E-state index in [1.807, 2.05) is 0 Å². The number of anilines is 1. The monoisotopic (exact) mass is 293 g/mol. The number of hydrogen-bond acceptors (Lipinski definition) is 3. The smallest absolute Gasteiger partial charge is 0.318 e. The molecule has 0 aliphatic heterocycles. The summed E-state index contributed by atoms with van der Waals surface area (Å²) in [6.07, 6.45) is 5.15. The molecule has 1 saturated carbocycles. The van der Waals surface area contributed by atoms with Crippen molar-refractivity contribution in [2.45, 2.75) is 32.1 Å². The van der Waals surface area contributed by atoms with Gasteiger partial charge in [0.2, 0.25) is 0 Å². The number of carbonyl (C=O) groups is 2. The molecule has 5 nitrogen and oxygen atoms in total. The number of nitrogens with one attached hydrogen (secondary N) is 2. The molecule has 1 aliphatic rings. The minimum atomic E-state index is -0.766. The number of hydrazone groups is 1. The van der Waals surface area contributed by atoms with Crippen molar-refractivity contribution in [3.05, 3.63) is 29.3 Å². The summed E-state index contributed by atoms with van der Waals surface area (Å²) in [6, 6.07) is 6.52. The molecule has 0 heterocycles. The SMILES string of the molecule is O=C(NN=C1CCCCC1)C(=O)Nc1ccc(Cl)cc1. The van der Waals surface area contributed by atoms with E-state index in [4.69, 9.17) is 11.6 Å². The normalized spacial score (nSPS) is 14.6. The Morgan fingerprint density at radius 3 is 2.30 bits per heavy atom. The van der Waals surface area contributed by atoms with Crippen molar-refractivity contribution in [1.29, 1.82) is 0 Å². The lowest BCUT2D eigenvalue weighted by Gasteiger charge is -2.11. The molecule has 6 heteroatoms. The molecule has 1 fully saturated rings. The van der Waals surface area contributed by atoms with Crippen LogP contribution in [-0.4, -0.2) is 17.5 Å². The van der Waals surface area contributed by atoms with Gasteiger partial charge in [-0.3, -0.25) is 9.59 Å². The Labute approximate surface area is 122 Å². The third-order valence-electron chi connectivity index (χ3n) is 3.05. The fraction of sp³-hybridized carbons (Fsp3) is 0.357. The molecule has 1 aromatic rings. The van der Waals surface area contributed by atoms with Crippen LogP contribution < -0.4 is 10.7 Å². The second-order valence-corrected chi connectivity index (χ2v) is 5.08. The van der Waals surface area contributed by atoms with Crippen molar-refractivity contribution in [3.8, 4) is 0 Å². The van der Waals surface area contributed by atoms with Crippen molar-refractivity contribution < 1.29 is 9.59 Å². The number of hydrogen-bond donors (Lipinski definition) is 2. The Kier molecular flexibility index (Phi) is 5.12. The van der Waals surface area contributed by atoms with Crippen molar-refractivity contribution in [2.24, 2.45) is 5.10 Å². The van der Waals surface area contributed by atoms with Crippen molar-refractivity contribution in [2.75, 3.05) is 5.32 Å². The molecule has 0 aromatic heterocycles. The third-order valence-corrected chi connectivity index (χ3v) is 3.31. The van der Waals surface area contributed by atoms with Gasteiger partial charge in [0.05, 0.1) is 0 Å². The number of benzene rings is 1. The Balaban J connectivity index is 1.85. The summed E-state index contributed by atoms with van der Waals surface area (Å²) in [5.41, 5.74) is 3.76. The molecule has 20 heavy (non-hydrogen) atoms. The number of amides is 2. The van der Waals surface area contributed by atoms with Gasteiger partial charge in [-0.15, -0.1) is 0 Å². The van der Waals surface area contributed by atoms with Crippen molar-refractivity contribution >= 4 is 34.8 Å². The van der Waals surface area contributed by atoms with Gasteiger partial charge >= 0.3 is 11.8 Å². The van der Waals surface area contributed by atoms with Gasteiger partial charge in [-0.25, -0.2) is 5.43 Å². The third kappa shape index (κ3) is 4.35. The van der Waals surface area contributed by atoms with E-state index in [1.54, 1.807) is 24.3 Å². The molecular formula is C14H16ClN3O2. The first-order chi connectivity index (χ1) is 9.65. The van der Waals surface area contributed by atoms with Gasteiger partial charge in [0, 0.05) is 16.4 Å². The fourth-order valence-corrected chi connectivity index (χ4v) is 2.10. The maximum atomic E-state index is 11.6. The average molecular weight is 294 g/mol. The largest absolute Gasteiger partial charge is 0.329 e. The zero-order valence-electron chi connectivity index (χ0n) is 11.0. The number of nitrogens with zero attached hydrogens (tertiary/aromatic N) is 1. The van der Waals surface area contributed by atoms with Crippen LogP contribution in [0.4, 0.5) is 5.69 Å². The van der Waals surface area contributed by atoms with E-state index >= 15 is 0 Å². The highest BCUT2D eigenvalue weighted by Gasteiger charge is 2.14. The molecule has 0 saturated heterocycles. The van der Waals surface area contributed by atoms with Crippen LogP contribution in [0.5, 0.6) is 0 Å². The standard InChI is InChI=1S/C14H16ClN3O2/c15-10-6-8-11(9-7-10)16-13(19)14(20)18-17-12-4-2-1-3-5-12/h6-9H,1-5H2,(H,16,19)(H,18,20). The lowest BCUT2D eigenvalue weighted by Crippen LogP contribution is -2.33. The lowest BCUT2D eigenvalue weighted by molar-refractivity contribution is -0.136. The van der Waals surface area contributed by atoms with Crippen LogP contribution in [0, 0.1) is 0 Å². The van der Waals surface area contributed by atoms with E-state index in [2.05, 4.69) is 15.8 Å². The molecule has 2 N–H and O–H groups in total. The van der Waals surface area contributed by atoms with E-state index < -0.39 is 11.8 Å². The molecule has 1 aliphatic carbocycles. The van der Waals surface area contributed by atoms with Crippen LogP contribution in [0.2, 0.25) is 5.02 Å². The van der Waals surface area contributed by atoms with Gasteiger partial charge in [-0.2, -0.15) is 5.10 Å². The molecule has 106 valence electrons. The lowest BCUT2D eigenvalue weighted by atomic mass is 9.99. The molecular weight excluding hydrogens is 278 g/mol. The Bertz CT molecular complexity index is 518. The zero-order chi connectivity index (χ0) is 14.4. The summed E-state index contributed by atoms with van der Waals surface area (Å²) >= 11 is 5.74. The topological polar surface area (TPSA) is 70.6 Å². The predicted octanol–water partition coefficient (Wildman–Crippen LogP) is 2.71. The summed E-state index contributed by atoms with van der Waals surface area (Å²) in [6.45, 7) is 0. The highest BCUT2D eigenvalue weighted by Crippen LogP contribution is 2.14. The van der Waals surface area contributed by atoms with Crippen LogP contribution in [0.25, 0.3) is 0 Å². The Hall–Kier alpha value is -1.88. The molecule has 0 spiro atoms. The van der Waals surface area contributed by atoms with E-state index in [-0.39, 0.29) is 0 Å². The predicted molar refractivity (Wildman–Crippen MR) is 78.7 cm³/mol. The van der Waals surface area contributed by atoms with Crippen LogP contribution in [0.15, 0.2) is 29.4 Å². The first-order valence-corrected chi connectivity index (χ1v) is 6.95. The van der Waals surface area contributed by atoms with E-state index in [0.717, 1.165) is 31.4 Å².